The van der Waals surface area contributed by atoms with Crippen LogP contribution in [-0.2, 0) is 10.0 Å². The van der Waals surface area contributed by atoms with Crippen LogP contribution in [0.4, 0.5) is 0 Å². The molecule has 0 amide bonds. The maximum Gasteiger partial charge on any atom is 0.240 e. The summed E-state index contributed by atoms with van der Waals surface area (Å²) in [4.78, 5) is 2.90. The molecule has 0 bridgehead atoms. The molecule has 130 valence electrons. The van der Waals surface area contributed by atoms with Gasteiger partial charge in [0, 0.05) is 6.54 Å². The van der Waals surface area contributed by atoms with Crippen molar-refractivity contribution in [3.05, 3.63) is 29.3 Å². The molecule has 0 aromatic heterocycles. The summed E-state index contributed by atoms with van der Waals surface area (Å²) >= 11 is 0. The van der Waals surface area contributed by atoms with E-state index in [2.05, 4.69) is 9.62 Å². The summed E-state index contributed by atoms with van der Waals surface area (Å²) in [6.07, 6.45) is 7.16. The van der Waals surface area contributed by atoms with E-state index in [0.717, 1.165) is 36.9 Å². The number of hydrogen-bond donors (Lipinski definition) is 1. The van der Waals surface area contributed by atoms with Gasteiger partial charge in [-0.25, -0.2) is 13.1 Å². The van der Waals surface area contributed by atoms with Crippen molar-refractivity contribution in [1.82, 2.24) is 9.62 Å². The van der Waals surface area contributed by atoms with Crippen molar-refractivity contribution < 1.29 is 8.42 Å². The molecule has 0 unspecified atom stereocenters. The molecule has 0 atom stereocenters. The van der Waals surface area contributed by atoms with Gasteiger partial charge >= 0.3 is 0 Å². The molecule has 23 heavy (non-hydrogen) atoms. The van der Waals surface area contributed by atoms with E-state index < -0.39 is 10.0 Å². The predicted octanol–water partition coefficient (Wildman–Crippen LogP) is 3.24. The van der Waals surface area contributed by atoms with Crippen molar-refractivity contribution in [2.75, 3.05) is 26.2 Å². The Bertz CT molecular complexity index is 593. The summed E-state index contributed by atoms with van der Waals surface area (Å²) in [5.74, 6) is 0. The van der Waals surface area contributed by atoms with Gasteiger partial charge in [0.2, 0.25) is 10.0 Å². The number of aryl methyl sites for hydroxylation is 2. The summed E-state index contributed by atoms with van der Waals surface area (Å²) in [5.41, 5.74) is 2.12. The quantitative estimate of drug-likeness (QED) is 0.740. The first-order chi connectivity index (χ1) is 11.0. The van der Waals surface area contributed by atoms with E-state index in [1.807, 2.05) is 19.9 Å². The summed E-state index contributed by atoms with van der Waals surface area (Å²) in [7, 11) is -3.37. The fourth-order valence-electron chi connectivity index (χ4n) is 2.99. The van der Waals surface area contributed by atoms with Gasteiger partial charge in [-0.05, 0) is 82.4 Å². The largest absolute Gasteiger partial charge is 0.303 e. The molecule has 1 aliphatic rings. The molecule has 0 aliphatic carbocycles. The Balaban J connectivity index is 1.67. The van der Waals surface area contributed by atoms with Crippen LogP contribution in [0, 0.1) is 13.8 Å². The number of hydrogen-bond acceptors (Lipinski definition) is 3. The third kappa shape index (κ3) is 5.90. The summed E-state index contributed by atoms with van der Waals surface area (Å²) < 4.78 is 27.2. The fraction of sp³-hybridized carbons (Fsp3) is 0.667. The highest BCUT2D eigenvalue weighted by atomic mass is 32.2. The first kappa shape index (κ1) is 18.4. The zero-order valence-corrected chi connectivity index (χ0v) is 15.3. The molecular formula is C18H30N2O2S. The Kier molecular flexibility index (Phi) is 7.06. The Morgan fingerprint density at radius 1 is 1.00 bits per heavy atom. The van der Waals surface area contributed by atoms with Crippen LogP contribution in [0.3, 0.4) is 0 Å². The third-order valence-electron chi connectivity index (χ3n) is 4.68. The Morgan fingerprint density at radius 2 is 1.74 bits per heavy atom. The lowest BCUT2D eigenvalue weighted by molar-refractivity contribution is 0.224. The lowest BCUT2D eigenvalue weighted by Gasteiger charge is -2.26. The number of rotatable bonds is 8. The highest BCUT2D eigenvalue weighted by molar-refractivity contribution is 7.89. The van der Waals surface area contributed by atoms with Crippen LogP contribution < -0.4 is 4.72 Å². The highest BCUT2D eigenvalue weighted by Crippen LogP contribution is 2.14. The molecule has 1 saturated heterocycles. The van der Waals surface area contributed by atoms with E-state index in [1.165, 1.54) is 32.4 Å². The topological polar surface area (TPSA) is 49.4 Å². The molecule has 4 nitrogen and oxygen atoms in total. The number of nitrogens with one attached hydrogen (secondary N) is 1. The van der Waals surface area contributed by atoms with Gasteiger partial charge in [0.05, 0.1) is 4.90 Å². The Morgan fingerprint density at radius 3 is 2.43 bits per heavy atom. The van der Waals surface area contributed by atoms with Gasteiger partial charge in [0.15, 0.2) is 0 Å². The van der Waals surface area contributed by atoms with Gasteiger partial charge in [0.1, 0.15) is 0 Å². The average Bonchev–Trinajstić information content (AvgIpc) is 2.54. The van der Waals surface area contributed by atoms with Crippen LogP contribution in [0.2, 0.25) is 0 Å². The second-order valence-corrected chi connectivity index (χ2v) is 8.37. The van der Waals surface area contributed by atoms with E-state index in [4.69, 9.17) is 0 Å². The van der Waals surface area contributed by atoms with Gasteiger partial charge in [-0.1, -0.05) is 18.9 Å². The van der Waals surface area contributed by atoms with Crippen LogP contribution in [0.1, 0.15) is 49.7 Å². The number of unbranched alkanes of at least 4 members (excludes halogenated alkanes) is 2. The summed E-state index contributed by atoms with van der Waals surface area (Å²) in [6, 6.07) is 5.29. The molecule has 1 aliphatic heterocycles. The minimum Gasteiger partial charge on any atom is -0.303 e. The predicted molar refractivity (Wildman–Crippen MR) is 95.2 cm³/mol. The smallest absolute Gasteiger partial charge is 0.240 e. The lowest BCUT2D eigenvalue weighted by atomic mass is 10.1. The molecule has 0 saturated carbocycles. The number of piperidine rings is 1. The number of likely N-dealkylation sites (tertiary alicyclic amines) is 1. The standard InChI is InChI=1S/C18H30N2O2S/c1-16-9-10-18(15-17(16)2)23(21,22)19-11-5-3-6-12-20-13-7-4-8-14-20/h9-10,15,19H,3-8,11-14H2,1-2H3. The normalized spacial score (nSPS) is 16.6. The van der Waals surface area contributed by atoms with Crippen LogP contribution in [0.15, 0.2) is 23.1 Å². The van der Waals surface area contributed by atoms with Crippen LogP contribution in [0.25, 0.3) is 0 Å². The number of benzene rings is 1. The van der Waals surface area contributed by atoms with Gasteiger partial charge in [-0.15, -0.1) is 0 Å². The molecule has 5 heteroatoms. The SMILES string of the molecule is Cc1ccc(S(=O)(=O)NCCCCCN2CCCCC2)cc1C. The zero-order chi connectivity index (χ0) is 16.7. The summed E-state index contributed by atoms with van der Waals surface area (Å²) in [5, 5.41) is 0. The minimum absolute atomic E-state index is 0.369. The third-order valence-corrected chi connectivity index (χ3v) is 6.14. The maximum atomic E-state index is 12.3. The van der Waals surface area contributed by atoms with Crippen molar-refractivity contribution in [3.8, 4) is 0 Å². The molecule has 1 N–H and O–H groups in total. The van der Waals surface area contributed by atoms with Gasteiger partial charge < -0.3 is 4.90 Å². The Hall–Kier alpha value is -0.910. The van der Waals surface area contributed by atoms with E-state index in [1.54, 1.807) is 12.1 Å². The Labute approximate surface area is 141 Å². The van der Waals surface area contributed by atoms with E-state index in [9.17, 15) is 8.42 Å². The van der Waals surface area contributed by atoms with Crippen molar-refractivity contribution in [2.45, 2.75) is 57.3 Å². The molecule has 1 fully saturated rings. The van der Waals surface area contributed by atoms with E-state index in [0.29, 0.717) is 11.4 Å². The zero-order valence-electron chi connectivity index (χ0n) is 14.5. The molecule has 0 spiro atoms. The van der Waals surface area contributed by atoms with E-state index in [-0.39, 0.29) is 0 Å². The van der Waals surface area contributed by atoms with Crippen molar-refractivity contribution in [1.29, 1.82) is 0 Å². The van der Waals surface area contributed by atoms with Crippen LogP contribution >= 0.6 is 0 Å². The lowest BCUT2D eigenvalue weighted by Crippen LogP contribution is -2.30. The van der Waals surface area contributed by atoms with Gasteiger partial charge in [-0.3, -0.25) is 0 Å². The number of sulfonamides is 1. The van der Waals surface area contributed by atoms with Crippen molar-refractivity contribution in [2.24, 2.45) is 0 Å². The van der Waals surface area contributed by atoms with Crippen molar-refractivity contribution in [3.63, 3.8) is 0 Å². The maximum absolute atomic E-state index is 12.3. The van der Waals surface area contributed by atoms with Crippen LogP contribution in [0.5, 0.6) is 0 Å². The second-order valence-electron chi connectivity index (χ2n) is 6.61. The van der Waals surface area contributed by atoms with E-state index >= 15 is 0 Å². The van der Waals surface area contributed by atoms with Crippen LogP contribution in [-0.4, -0.2) is 39.5 Å². The number of nitrogens with zero attached hydrogens (tertiary/aromatic N) is 1. The molecule has 0 radical (unpaired) electrons. The molecule has 2 rings (SSSR count). The minimum atomic E-state index is -3.37. The first-order valence-electron chi connectivity index (χ1n) is 8.78. The van der Waals surface area contributed by atoms with Gasteiger partial charge in [0.25, 0.3) is 0 Å². The van der Waals surface area contributed by atoms with Crippen molar-refractivity contribution >= 4 is 10.0 Å². The fourth-order valence-corrected chi connectivity index (χ4v) is 4.15. The highest BCUT2D eigenvalue weighted by Gasteiger charge is 2.14. The average molecular weight is 339 g/mol. The monoisotopic (exact) mass is 338 g/mol. The van der Waals surface area contributed by atoms with Gasteiger partial charge in [-0.2, -0.15) is 0 Å². The molecule has 1 aromatic carbocycles. The molecule has 1 heterocycles. The molecular weight excluding hydrogens is 308 g/mol. The summed E-state index contributed by atoms with van der Waals surface area (Å²) in [6.45, 7) is 8.08. The molecule has 1 aromatic rings. The first-order valence-corrected chi connectivity index (χ1v) is 10.3. The second kappa shape index (κ2) is 8.81.